The molecule has 1 aliphatic rings. The van der Waals surface area contributed by atoms with Gasteiger partial charge in [0.25, 0.3) is 0 Å². The zero-order valence-electron chi connectivity index (χ0n) is 16.6. The molecule has 1 fully saturated rings. The maximum Gasteiger partial charge on any atom is 0.340 e. The normalized spacial score (nSPS) is 26.8. The molecule has 0 aliphatic carbocycles. The quantitative estimate of drug-likeness (QED) is 0.241. The fraction of sp³-hybridized carbons (Fsp3) is 0.381. The number of nitrogen functional groups attached to an aromatic ring is 1. The lowest BCUT2D eigenvalue weighted by Gasteiger charge is -2.39. The Hall–Kier alpha value is -2.73. The van der Waals surface area contributed by atoms with E-state index in [-0.39, 0.29) is 23.5 Å². The van der Waals surface area contributed by atoms with Gasteiger partial charge in [-0.1, -0.05) is 24.3 Å². The van der Waals surface area contributed by atoms with E-state index in [4.69, 9.17) is 25.7 Å². The van der Waals surface area contributed by atoms with Crippen LogP contribution in [0.25, 0.3) is 0 Å². The summed E-state index contributed by atoms with van der Waals surface area (Å²) in [5, 5.41) is 40.3. The van der Waals surface area contributed by atoms with E-state index in [0.717, 1.165) is 0 Å². The maximum absolute atomic E-state index is 12.2. The van der Waals surface area contributed by atoms with Gasteiger partial charge in [-0.25, -0.2) is 4.79 Å². The Labute approximate surface area is 178 Å². The number of ether oxygens (including phenoxy) is 3. The number of hydrogen-bond acceptors (Lipinski definition) is 10. The minimum Gasteiger partial charge on any atom is -0.462 e. The van der Waals surface area contributed by atoms with Crippen LogP contribution >= 0.6 is 0 Å². The van der Waals surface area contributed by atoms with Crippen LogP contribution < -0.4 is 16.2 Å². The predicted octanol–water partition coefficient (Wildman–Crippen LogP) is -0.696. The second kappa shape index (κ2) is 10.1. The molecule has 0 saturated carbocycles. The van der Waals surface area contributed by atoms with Crippen molar-refractivity contribution in [2.24, 2.45) is 5.73 Å². The highest BCUT2D eigenvalue weighted by Crippen LogP contribution is 2.26. The van der Waals surface area contributed by atoms with E-state index < -0.39 is 49.4 Å². The third-order valence-corrected chi connectivity index (χ3v) is 4.97. The van der Waals surface area contributed by atoms with Gasteiger partial charge >= 0.3 is 5.97 Å². The molecule has 2 aromatic carbocycles. The molecule has 10 nitrogen and oxygen atoms in total. The number of rotatable bonds is 7. The lowest BCUT2D eigenvalue weighted by Crippen LogP contribution is -2.60. The van der Waals surface area contributed by atoms with Crippen LogP contribution in [-0.4, -0.2) is 70.3 Å². The van der Waals surface area contributed by atoms with Gasteiger partial charge in [-0.3, -0.25) is 0 Å². The van der Waals surface area contributed by atoms with Crippen LogP contribution in [-0.2, 0) is 9.47 Å². The number of aliphatic hydroxyl groups is 4. The summed E-state index contributed by atoms with van der Waals surface area (Å²) in [5.41, 5.74) is 12.1. The van der Waals surface area contributed by atoms with Crippen LogP contribution in [0.4, 0.5) is 5.69 Å². The van der Waals surface area contributed by atoms with E-state index in [1.807, 2.05) is 0 Å². The van der Waals surface area contributed by atoms with Crippen molar-refractivity contribution in [3.8, 4) is 5.75 Å². The minimum atomic E-state index is -1.59. The number of hydrogen-bond donors (Lipinski definition) is 6. The zero-order chi connectivity index (χ0) is 22.5. The van der Waals surface area contributed by atoms with Crippen molar-refractivity contribution in [1.29, 1.82) is 0 Å². The van der Waals surface area contributed by atoms with E-state index in [2.05, 4.69) is 0 Å². The molecule has 168 valence electrons. The van der Waals surface area contributed by atoms with Gasteiger partial charge in [0.2, 0.25) is 6.29 Å². The summed E-state index contributed by atoms with van der Waals surface area (Å²) in [4.78, 5) is 12.2. The average Bonchev–Trinajstić information content (AvgIpc) is 2.78. The topological polar surface area (TPSA) is 178 Å². The molecule has 3 unspecified atom stereocenters. The van der Waals surface area contributed by atoms with E-state index in [9.17, 15) is 25.2 Å². The van der Waals surface area contributed by atoms with Crippen molar-refractivity contribution < 1.29 is 39.4 Å². The molecule has 0 bridgehead atoms. The molecule has 10 heteroatoms. The van der Waals surface area contributed by atoms with Crippen LogP contribution in [0.1, 0.15) is 22.0 Å². The zero-order valence-corrected chi connectivity index (χ0v) is 16.6. The standard InChI is InChI=1S/C21H26N2O8/c22-9-15(24)11-5-7-12(8-6-11)30-21-19(27)18(26)17(25)16(31-21)10-29-20(28)13-3-1-2-4-14(13)23/h1-8,15-19,21,24-27H,9-10,22-23H2/t15?,16?,17-,18+,19?,21-/m1/s1. The maximum atomic E-state index is 12.2. The molecule has 0 spiro atoms. The first-order valence-corrected chi connectivity index (χ1v) is 9.68. The van der Waals surface area contributed by atoms with Crippen molar-refractivity contribution in [2.45, 2.75) is 36.8 Å². The lowest BCUT2D eigenvalue weighted by molar-refractivity contribution is -0.277. The second-order valence-corrected chi connectivity index (χ2v) is 7.14. The number of benzene rings is 2. The van der Waals surface area contributed by atoms with Gasteiger partial charge in [0.1, 0.15) is 36.8 Å². The van der Waals surface area contributed by atoms with Crippen molar-refractivity contribution in [2.75, 3.05) is 18.9 Å². The highest BCUT2D eigenvalue weighted by atomic mass is 16.7. The fourth-order valence-electron chi connectivity index (χ4n) is 3.11. The number of para-hydroxylation sites is 1. The smallest absolute Gasteiger partial charge is 0.340 e. The molecule has 1 aliphatic heterocycles. The molecule has 2 aromatic rings. The molecular weight excluding hydrogens is 408 g/mol. The molecule has 0 amide bonds. The van der Waals surface area contributed by atoms with Gasteiger partial charge in [0, 0.05) is 12.2 Å². The lowest BCUT2D eigenvalue weighted by atomic mass is 9.99. The Balaban J connectivity index is 1.64. The Morgan fingerprint density at radius 2 is 1.71 bits per heavy atom. The summed E-state index contributed by atoms with van der Waals surface area (Å²) >= 11 is 0. The summed E-state index contributed by atoms with van der Waals surface area (Å²) in [6.07, 6.45) is -7.98. The average molecular weight is 434 g/mol. The molecule has 1 heterocycles. The van der Waals surface area contributed by atoms with Gasteiger partial charge < -0.3 is 46.1 Å². The highest BCUT2D eigenvalue weighted by Gasteiger charge is 2.45. The number of carbonyl (C=O) groups excluding carboxylic acids is 1. The molecule has 3 rings (SSSR count). The molecule has 1 saturated heterocycles. The van der Waals surface area contributed by atoms with Crippen LogP contribution in [0.2, 0.25) is 0 Å². The summed E-state index contributed by atoms with van der Waals surface area (Å²) < 4.78 is 16.3. The summed E-state index contributed by atoms with van der Waals surface area (Å²) in [5.74, 6) is -0.436. The first-order valence-electron chi connectivity index (χ1n) is 9.68. The van der Waals surface area contributed by atoms with Crippen molar-refractivity contribution in [1.82, 2.24) is 0 Å². The molecular formula is C21H26N2O8. The summed E-state index contributed by atoms with van der Waals surface area (Å²) in [6, 6.07) is 12.6. The largest absolute Gasteiger partial charge is 0.462 e. The number of anilines is 1. The first kappa shape index (κ1) is 22.9. The second-order valence-electron chi connectivity index (χ2n) is 7.14. The van der Waals surface area contributed by atoms with Gasteiger partial charge in [-0.05, 0) is 29.8 Å². The van der Waals surface area contributed by atoms with Crippen molar-refractivity contribution in [3.63, 3.8) is 0 Å². The summed E-state index contributed by atoms with van der Waals surface area (Å²) in [6.45, 7) is -0.344. The van der Waals surface area contributed by atoms with Gasteiger partial charge in [0.15, 0.2) is 0 Å². The Kier molecular flexibility index (Phi) is 7.44. The van der Waals surface area contributed by atoms with Gasteiger partial charge in [-0.2, -0.15) is 0 Å². The molecule has 8 N–H and O–H groups in total. The number of esters is 1. The first-order chi connectivity index (χ1) is 14.8. The van der Waals surface area contributed by atoms with Crippen LogP contribution in [0.3, 0.4) is 0 Å². The van der Waals surface area contributed by atoms with Gasteiger partial charge in [-0.15, -0.1) is 0 Å². The molecule has 0 radical (unpaired) electrons. The molecule has 6 atom stereocenters. The van der Waals surface area contributed by atoms with Gasteiger partial charge in [0.05, 0.1) is 11.7 Å². The van der Waals surface area contributed by atoms with E-state index >= 15 is 0 Å². The highest BCUT2D eigenvalue weighted by molar-refractivity contribution is 5.94. The van der Waals surface area contributed by atoms with E-state index in [1.54, 1.807) is 30.3 Å². The van der Waals surface area contributed by atoms with E-state index in [1.165, 1.54) is 18.2 Å². The number of nitrogens with two attached hydrogens (primary N) is 2. The van der Waals surface area contributed by atoms with E-state index in [0.29, 0.717) is 5.56 Å². The Morgan fingerprint density at radius 3 is 2.35 bits per heavy atom. The molecule has 31 heavy (non-hydrogen) atoms. The third-order valence-electron chi connectivity index (χ3n) is 4.97. The third kappa shape index (κ3) is 5.31. The molecule has 0 aromatic heterocycles. The Bertz CT molecular complexity index is 878. The van der Waals surface area contributed by atoms with Crippen molar-refractivity contribution >= 4 is 11.7 Å². The van der Waals surface area contributed by atoms with Crippen molar-refractivity contribution in [3.05, 3.63) is 59.7 Å². The Morgan fingerprint density at radius 1 is 1.03 bits per heavy atom. The minimum absolute atomic E-state index is 0.0593. The van der Waals surface area contributed by atoms with Crippen LogP contribution in [0.5, 0.6) is 5.75 Å². The number of aliphatic hydroxyl groups excluding tert-OH is 4. The predicted molar refractivity (Wildman–Crippen MR) is 109 cm³/mol. The SMILES string of the molecule is NCC(O)c1ccc(O[C@@H]2OC(COC(=O)c3ccccc3N)[C@@H](O)[C@H](O)C2O)cc1. The fourth-order valence-corrected chi connectivity index (χ4v) is 3.11. The van der Waals surface area contributed by atoms with Crippen LogP contribution in [0.15, 0.2) is 48.5 Å². The summed E-state index contributed by atoms with van der Waals surface area (Å²) in [7, 11) is 0. The van der Waals surface area contributed by atoms with Crippen LogP contribution in [0, 0.1) is 0 Å². The number of carbonyl (C=O) groups is 1. The monoisotopic (exact) mass is 434 g/mol.